The summed E-state index contributed by atoms with van der Waals surface area (Å²) in [7, 11) is 0. The van der Waals surface area contributed by atoms with Crippen molar-refractivity contribution in [2.24, 2.45) is 5.73 Å². The predicted octanol–water partition coefficient (Wildman–Crippen LogP) is 0.877. The normalized spacial score (nSPS) is 14.9. The monoisotopic (exact) mass is 169 g/mol. The minimum atomic E-state index is -0.354. The molecule has 3 nitrogen and oxygen atoms in total. The summed E-state index contributed by atoms with van der Waals surface area (Å²) in [6, 6.07) is 0. The molecule has 2 N–H and O–H groups in total. The number of rotatable bonds is 1. The molecule has 0 fully saturated rings. The molecule has 1 aliphatic heterocycles. The lowest BCUT2D eigenvalue weighted by Gasteiger charge is -1.92. The third-order valence-electron chi connectivity index (χ3n) is 1.73. The second kappa shape index (κ2) is 2.32. The molecule has 0 saturated heterocycles. The van der Waals surface area contributed by atoms with E-state index in [9.17, 15) is 4.79 Å². The lowest BCUT2D eigenvalue weighted by atomic mass is 10.2. The summed E-state index contributed by atoms with van der Waals surface area (Å²) in [6.07, 6.45) is 0. The van der Waals surface area contributed by atoms with Crippen LogP contribution in [0.3, 0.4) is 0 Å². The highest BCUT2D eigenvalue weighted by atomic mass is 32.1. The number of carbonyl (C=O) groups is 1. The number of amides is 1. The molecular weight excluding hydrogens is 162 g/mol. The first-order valence-electron chi connectivity index (χ1n) is 3.26. The minimum absolute atomic E-state index is 0.354. The molecule has 0 saturated carbocycles. The Morgan fingerprint density at radius 2 is 2.45 bits per heavy atom. The molecule has 4 heteroatoms. The topological polar surface area (TPSA) is 52.3 Å². The summed E-state index contributed by atoms with van der Waals surface area (Å²) in [5.74, 6) is -0.354. The van der Waals surface area contributed by atoms with Crippen molar-refractivity contribution in [3.8, 4) is 0 Å². The van der Waals surface area contributed by atoms with Gasteiger partial charge in [-0.25, -0.2) is 0 Å². The molecule has 0 unspecified atom stereocenters. The van der Waals surface area contributed by atoms with Crippen LogP contribution in [0.15, 0.2) is 5.38 Å². The number of ether oxygens (including phenoxy) is 1. The first kappa shape index (κ1) is 6.82. The van der Waals surface area contributed by atoms with Gasteiger partial charge in [-0.15, -0.1) is 11.3 Å². The summed E-state index contributed by atoms with van der Waals surface area (Å²) in [6.45, 7) is 1.17. The van der Waals surface area contributed by atoms with E-state index in [-0.39, 0.29) is 5.91 Å². The zero-order valence-electron chi connectivity index (χ0n) is 5.79. The average Bonchev–Trinajstić information content (AvgIpc) is 2.41. The molecular formula is C7H7NO2S. The van der Waals surface area contributed by atoms with E-state index in [0.29, 0.717) is 18.8 Å². The van der Waals surface area contributed by atoms with Crippen molar-refractivity contribution in [2.75, 3.05) is 0 Å². The van der Waals surface area contributed by atoms with Crippen LogP contribution in [0.25, 0.3) is 0 Å². The largest absolute Gasteiger partial charge is 0.371 e. The first-order chi connectivity index (χ1) is 5.29. The Kier molecular flexibility index (Phi) is 1.44. The Morgan fingerprint density at radius 3 is 3.18 bits per heavy atom. The van der Waals surface area contributed by atoms with Gasteiger partial charge in [0, 0.05) is 15.8 Å². The maximum Gasteiger partial charge on any atom is 0.249 e. The summed E-state index contributed by atoms with van der Waals surface area (Å²) in [4.78, 5) is 11.9. The smallest absolute Gasteiger partial charge is 0.249 e. The van der Waals surface area contributed by atoms with Gasteiger partial charge in [-0.1, -0.05) is 0 Å². The number of fused-ring (bicyclic) bond motifs is 1. The van der Waals surface area contributed by atoms with Crippen molar-refractivity contribution in [1.82, 2.24) is 0 Å². The summed E-state index contributed by atoms with van der Waals surface area (Å²) >= 11 is 1.54. The van der Waals surface area contributed by atoms with E-state index in [1.165, 1.54) is 0 Å². The van der Waals surface area contributed by atoms with E-state index >= 15 is 0 Å². The van der Waals surface area contributed by atoms with E-state index in [1.54, 1.807) is 16.7 Å². The first-order valence-corrected chi connectivity index (χ1v) is 4.14. The fourth-order valence-electron chi connectivity index (χ4n) is 1.15. The van der Waals surface area contributed by atoms with E-state index in [1.807, 2.05) is 0 Å². The molecule has 0 aliphatic carbocycles. The molecule has 1 aromatic heterocycles. The molecule has 0 spiro atoms. The Hall–Kier alpha value is -0.870. The van der Waals surface area contributed by atoms with Gasteiger partial charge < -0.3 is 10.5 Å². The van der Waals surface area contributed by atoms with Crippen molar-refractivity contribution in [2.45, 2.75) is 13.2 Å². The van der Waals surface area contributed by atoms with Crippen LogP contribution in [-0.4, -0.2) is 5.91 Å². The summed E-state index contributed by atoms with van der Waals surface area (Å²) < 4.78 is 5.15. The van der Waals surface area contributed by atoms with E-state index in [4.69, 9.17) is 10.5 Å². The molecule has 2 rings (SSSR count). The van der Waals surface area contributed by atoms with Crippen molar-refractivity contribution in [3.63, 3.8) is 0 Å². The molecule has 1 amide bonds. The van der Waals surface area contributed by atoms with Crippen LogP contribution in [-0.2, 0) is 18.0 Å². The molecule has 0 aromatic carbocycles. The molecule has 0 atom stereocenters. The van der Waals surface area contributed by atoms with Crippen LogP contribution in [0.5, 0.6) is 0 Å². The quantitative estimate of drug-likeness (QED) is 0.678. The summed E-state index contributed by atoms with van der Waals surface area (Å²) in [5.41, 5.74) is 6.76. The number of primary amides is 1. The van der Waals surface area contributed by atoms with Crippen molar-refractivity contribution < 1.29 is 9.53 Å². The number of hydrogen-bond donors (Lipinski definition) is 1. The SMILES string of the molecule is NC(=O)c1csc2c1COC2. The average molecular weight is 169 g/mol. The van der Waals surface area contributed by atoms with E-state index < -0.39 is 0 Å². The second-order valence-electron chi connectivity index (χ2n) is 2.41. The van der Waals surface area contributed by atoms with Gasteiger partial charge in [0.25, 0.3) is 0 Å². The Labute approximate surface area is 67.8 Å². The molecule has 11 heavy (non-hydrogen) atoms. The number of thiophene rings is 1. The Morgan fingerprint density at radius 1 is 1.64 bits per heavy atom. The van der Waals surface area contributed by atoms with Gasteiger partial charge in [0.15, 0.2) is 0 Å². The van der Waals surface area contributed by atoms with Gasteiger partial charge in [0.05, 0.1) is 18.8 Å². The third kappa shape index (κ3) is 0.948. The maximum absolute atomic E-state index is 10.8. The van der Waals surface area contributed by atoms with Crippen LogP contribution in [0.1, 0.15) is 20.8 Å². The van der Waals surface area contributed by atoms with Crippen LogP contribution in [0, 0.1) is 0 Å². The van der Waals surface area contributed by atoms with Gasteiger partial charge in [-0.05, 0) is 0 Å². The summed E-state index contributed by atoms with van der Waals surface area (Å²) in [5, 5.41) is 1.80. The van der Waals surface area contributed by atoms with Gasteiger partial charge in [0.1, 0.15) is 0 Å². The molecule has 0 bridgehead atoms. The maximum atomic E-state index is 10.8. The van der Waals surface area contributed by atoms with Gasteiger partial charge in [-0.2, -0.15) is 0 Å². The van der Waals surface area contributed by atoms with E-state index in [2.05, 4.69) is 0 Å². The van der Waals surface area contributed by atoms with Crippen LogP contribution in [0.4, 0.5) is 0 Å². The standard InChI is InChI=1S/C7H7NO2S/c8-7(9)5-3-11-6-2-10-1-4(5)6/h3H,1-2H2,(H2,8,9). The molecule has 1 aromatic rings. The fraction of sp³-hybridized carbons (Fsp3) is 0.286. The van der Waals surface area contributed by atoms with Crippen molar-refractivity contribution >= 4 is 17.2 Å². The molecule has 58 valence electrons. The van der Waals surface area contributed by atoms with Gasteiger partial charge in [0.2, 0.25) is 5.91 Å². The highest BCUT2D eigenvalue weighted by molar-refractivity contribution is 7.10. The van der Waals surface area contributed by atoms with E-state index in [0.717, 1.165) is 10.4 Å². The van der Waals surface area contributed by atoms with Crippen LogP contribution >= 0.6 is 11.3 Å². The highest BCUT2D eigenvalue weighted by Crippen LogP contribution is 2.29. The Bertz CT molecular complexity index is 305. The van der Waals surface area contributed by atoms with Crippen molar-refractivity contribution in [1.29, 1.82) is 0 Å². The Balaban J connectivity index is 2.50. The van der Waals surface area contributed by atoms with Gasteiger partial charge in [-0.3, -0.25) is 4.79 Å². The fourth-order valence-corrected chi connectivity index (χ4v) is 2.14. The predicted molar refractivity (Wildman–Crippen MR) is 41.3 cm³/mol. The third-order valence-corrected chi connectivity index (χ3v) is 2.73. The number of nitrogens with two attached hydrogens (primary N) is 1. The second-order valence-corrected chi connectivity index (χ2v) is 3.37. The van der Waals surface area contributed by atoms with Crippen molar-refractivity contribution in [3.05, 3.63) is 21.4 Å². The zero-order valence-corrected chi connectivity index (χ0v) is 6.61. The van der Waals surface area contributed by atoms with Gasteiger partial charge >= 0.3 is 0 Å². The number of carbonyl (C=O) groups excluding carboxylic acids is 1. The van der Waals surface area contributed by atoms with Crippen LogP contribution < -0.4 is 5.73 Å². The lowest BCUT2D eigenvalue weighted by Crippen LogP contribution is -2.11. The molecule has 1 aliphatic rings. The number of hydrogen-bond acceptors (Lipinski definition) is 3. The minimum Gasteiger partial charge on any atom is -0.371 e. The molecule has 2 heterocycles. The van der Waals surface area contributed by atoms with Crippen LogP contribution in [0.2, 0.25) is 0 Å². The zero-order chi connectivity index (χ0) is 7.84. The highest BCUT2D eigenvalue weighted by Gasteiger charge is 2.19. The molecule has 0 radical (unpaired) electrons. The lowest BCUT2D eigenvalue weighted by molar-refractivity contribution is 0.0994.